The Morgan fingerprint density at radius 1 is 1.14 bits per heavy atom. The number of aliphatic hydroxyl groups excluding tert-OH is 1. The number of Topliss-reactive ketones (excluding diaryl/α,β-unsaturated/α-hetero) is 1. The van der Waals surface area contributed by atoms with Crippen LogP contribution in [0.25, 0.3) is 0 Å². The van der Waals surface area contributed by atoms with Crippen molar-refractivity contribution < 1.29 is 33.7 Å². The van der Waals surface area contributed by atoms with E-state index < -0.39 is 49.6 Å². The summed E-state index contributed by atoms with van der Waals surface area (Å²) >= 11 is 0. The van der Waals surface area contributed by atoms with Crippen LogP contribution in [-0.2, 0) is 23.5 Å². The summed E-state index contributed by atoms with van der Waals surface area (Å²) in [5.74, 6) is -1.11. The Balaban J connectivity index is 1.78. The van der Waals surface area contributed by atoms with Gasteiger partial charge in [-0.2, -0.15) is 0 Å². The van der Waals surface area contributed by atoms with Gasteiger partial charge in [0.15, 0.2) is 20.1 Å². The van der Waals surface area contributed by atoms with Gasteiger partial charge in [0, 0.05) is 5.57 Å². The van der Waals surface area contributed by atoms with Crippen molar-refractivity contribution in [1.29, 1.82) is 0 Å². The van der Waals surface area contributed by atoms with Crippen LogP contribution in [0.2, 0.25) is 18.1 Å². The molecule has 1 unspecified atom stereocenters. The van der Waals surface area contributed by atoms with Gasteiger partial charge in [-0.1, -0.05) is 70.2 Å². The van der Waals surface area contributed by atoms with Crippen LogP contribution in [0, 0.1) is 0 Å². The molecular weight excluding hydrogens is 478 g/mol. The molecule has 2 fully saturated rings. The molecule has 6 atom stereocenters. The van der Waals surface area contributed by atoms with Crippen molar-refractivity contribution >= 4 is 20.0 Å². The van der Waals surface area contributed by atoms with E-state index in [1.165, 1.54) is 0 Å². The number of epoxide rings is 1. The van der Waals surface area contributed by atoms with Crippen molar-refractivity contribution in [1.82, 2.24) is 5.32 Å². The van der Waals surface area contributed by atoms with Gasteiger partial charge in [0.25, 0.3) is 11.5 Å². The maximum absolute atomic E-state index is 13.8. The van der Waals surface area contributed by atoms with Gasteiger partial charge >= 0.3 is 0 Å². The minimum Gasteiger partial charge on any atom is -0.467 e. The van der Waals surface area contributed by atoms with Gasteiger partial charge in [0.05, 0.1) is 0 Å². The highest BCUT2D eigenvalue weighted by molar-refractivity contribution is 6.73. The smallest absolute Gasteiger partial charge is 0.277 e. The van der Waals surface area contributed by atoms with Crippen molar-refractivity contribution in [2.24, 2.45) is 0 Å². The Morgan fingerprint density at radius 3 is 2.36 bits per heavy atom. The topological polar surface area (TPSA) is 118 Å². The van der Waals surface area contributed by atoms with Crippen LogP contribution < -0.4 is 5.32 Å². The molecule has 1 spiro atoms. The van der Waals surface area contributed by atoms with E-state index in [2.05, 4.69) is 5.32 Å². The number of rotatable bonds is 10. The Labute approximate surface area is 213 Å². The van der Waals surface area contributed by atoms with E-state index in [1.54, 1.807) is 37.3 Å². The molecule has 4 rings (SSSR count). The normalized spacial score (nSPS) is 32.9. The number of nitrogens with one attached hydrogen (secondary N) is 1. The summed E-state index contributed by atoms with van der Waals surface area (Å²) in [6.07, 6.45) is 0.985. The molecule has 3 aliphatic rings. The highest BCUT2D eigenvalue weighted by Gasteiger charge is 2.75. The first-order valence-corrected chi connectivity index (χ1v) is 15.4. The Hall–Kier alpha value is -2.30. The van der Waals surface area contributed by atoms with Gasteiger partial charge in [0.1, 0.15) is 24.1 Å². The van der Waals surface area contributed by atoms with Gasteiger partial charge in [-0.3, -0.25) is 9.59 Å². The summed E-state index contributed by atoms with van der Waals surface area (Å²) in [6.45, 7) is 9.65. The minimum atomic E-state index is -2.51. The van der Waals surface area contributed by atoms with E-state index in [0.29, 0.717) is 23.7 Å². The number of benzene rings is 1. The standard InChI is InChI=1S/C27H37NO7Si/c1-6-10-16-19-21(33-19)20-17(5)22(29)26(34-20)24(35-36(7-2,8-3)9-4)27(32,28-25(26)31)23(30)18-14-12-11-13-15-18/h10-16,19,21,23-24,30,32H,6-9H2,1-5H3,(H,28,31)/b16-10-/t19-,21+,23?,24-,26-,27-/m1/s1. The molecule has 0 aromatic heterocycles. The Kier molecular flexibility index (Phi) is 7.33. The van der Waals surface area contributed by atoms with Gasteiger partial charge in [-0.05, 0) is 37.0 Å². The number of hydrogen-bond donors (Lipinski definition) is 3. The molecule has 1 aromatic carbocycles. The van der Waals surface area contributed by atoms with Crippen LogP contribution in [0.15, 0.2) is 53.8 Å². The molecule has 1 aromatic rings. The first-order valence-electron chi connectivity index (χ1n) is 12.9. The lowest BCUT2D eigenvalue weighted by Crippen LogP contribution is -2.63. The summed E-state index contributed by atoms with van der Waals surface area (Å²) in [5, 5.41) is 25.8. The van der Waals surface area contributed by atoms with Crippen molar-refractivity contribution in [3.05, 3.63) is 59.4 Å². The molecule has 3 N–H and O–H groups in total. The summed E-state index contributed by atoms with van der Waals surface area (Å²) < 4.78 is 18.7. The third kappa shape index (κ3) is 4.07. The van der Waals surface area contributed by atoms with Crippen molar-refractivity contribution in [3.8, 4) is 0 Å². The summed E-state index contributed by atoms with van der Waals surface area (Å²) in [7, 11) is -2.51. The molecule has 8 nitrogen and oxygen atoms in total. The van der Waals surface area contributed by atoms with Gasteiger partial charge in [0.2, 0.25) is 5.78 Å². The summed E-state index contributed by atoms with van der Waals surface area (Å²) in [4.78, 5) is 27.5. The first kappa shape index (κ1) is 26.8. The van der Waals surface area contributed by atoms with Crippen LogP contribution >= 0.6 is 0 Å². The second kappa shape index (κ2) is 9.87. The number of allylic oxidation sites excluding steroid dienone is 1. The van der Waals surface area contributed by atoms with E-state index >= 15 is 0 Å². The third-order valence-corrected chi connectivity index (χ3v) is 12.5. The van der Waals surface area contributed by atoms with Crippen LogP contribution in [0.5, 0.6) is 0 Å². The molecule has 0 bridgehead atoms. The predicted molar refractivity (Wildman–Crippen MR) is 136 cm³/mol. The molecule has 36 heavy (non-hydrogen) atoms. The van der Waals surface area contributed by atoms with E-state index in [-0.39, 0.29) is 17.4 Å². The molecule has 9 heteroatoms. The Bertz CT molecular complexity index is 1060. The maximum atomic E-state index is 13.8. The number of carbonyl (C=O) groups is 2. The lowest BCUT2D eigenvalue weighted by Gasteiger charge is -2.42. The summed E-state index contributed by atoms with van der Waals surface area (Å²) in [5.41, 5.74) is -3.78. The van der Waals surface area contributed by atoms with Gasteiger partial charge in [-0.15, -0.1) is 0 Å². The SMILES string of the molecule is CC/C=C\[C@H]1O[C@@H]1C1=C(C)C(=O)[C@]2(O1)C(=O)N[C@@](O)(C(O)c1ccccc1)[C@@H]2O[Si](CC)(CC)CC. The zero-order chi connectivity index (χ0) is 26.3. The van der Waals surface area contributed by atoms with Crippen molar-refractivity contribution in [2.45, 2.75) is 94.9 Å². The van der Waals surface area contributed by atoms with Crippen LogP contribution in [0.3, 0.4) is 0 Å². The number of ketones is 1. The maximum Gasteiger partial charge on any atom is 0.277 e. The molecule has 0 saturated carbocycles. The first-order chi connectivity index (χ1) is 17.1. The molecule has 1 amide bonds. The van der Waals surface area contributed by atoms with Gasteiger partial charge in [-0.25, -0.2) is 0 Å². The third-order valence-electron chi connectivity index (χ3n) is 7.92. The van der Waals surface area contributed by atoms with Crippen LogP contribution in [0.1, 0.15) is 52.7 Å². The molecule has 3 heterocycles. The average molecular weight is 516 g/mol. The number of ether oxygens (including phenoxy) is 2. The fourth-order valence-electron chi connectivity index (χ4n) is 5.32. The zero-order valence-electron chi connectivity index (χ0n) is 21.6. The van der Waals surface area contributed by atoms with E-state index in [9.17, 15) is 19.8 Å². The van der Waals surface area contributed by atoms with Crippen LogP contribution in [-0.4, -0.2) is 59.9 Å². The van der Waals surface area contributed by atoms with Gasteiger partial charge < -0.3 is 29.4 Å². The zero-order valence-corrected chi connectivity index (χ0v) is 22.6. The minimum absolute atomic E-state index is 0.245. The van der Waals surface area contributed by atoms with E-state index in [0.717, 1.165) is 6.42 Å². The predicted octanol–water partition coefficient (Wildman–Crippen LogP) is 3.27. The Morgan fingerprint density at radius 2 is 1.78 bits per heavy atom. The average Bonchev–Trinajstić information content (AvgIpc) is 3.57. The second-order valence-electron chi connectivity index (χ2n) is 9.85. The molecule has 3 aliphatic heterocycles. The fraction of sp³-hybridized carbons (Fsp3) is 0.556. The molecule has 0 aliphatic carbocycles. The molecular formula is C27H37NO7Si. The fourth-order valence-corrected chi connectivity index (χ4v) is 8.17. The van der Waals surface area contributed by atoms with Crippen LogP contribution in [0.4, 0.5) is 0 Å². The molecule has 0 radical (unpaired) electrons. The summed E-state index contributed by atoms with van der Waals surface area (Å²) in [6, 6.07) is 10.7. The molecule has 196 valence electrons. The van der Waals surface area contributed by atoms with E-state index in [4.69, 9.17) is 13.9 Å². The lowest BCUT2D eigenvalue weighted by atomic mass is 9.84. The van der Waals surface area contributed by atoms with Crippen molar-refractivity contribution in [2.75, 3.05) is 0 Å². The largest absolute Gasteiger partial charge is 0.467 e. The second-order valence-corrected chi connectivity index (χ2v) is 14.6. The number of hydrogen-bond acceptors (Lipinski definition) is 7. The number of amides is 1. The highest BCUT2D eigenvalue weighted by atomic mass is 28.4. The number of aliphatic hydroxyl groups is 2. The highest BCUT2D eigenvalue weighted by Crippen LogP contribution is 2.50. The monoisotopic (exact) mass is 515 g/mol. The quantitative estimate of drug-likeness (QED) is 0.189. The molecule has 2 saturated heterocycles. The van der Waals surface area contributed by atoms with E-state index in [1.807, 2.05) is 39.8 Å². The van der Waals surface area contributed by atoms with Crippen molar-refractivity contribution in [3.63, 3.8) is 0 Å². The lowest BCUT2D eigenvalue weighted by molar-refractivity contribution is -0.179. The number of carbonyl (C=O) groups excluding carboxylic acids is 2.